The van der Waals surface area contributed by atoms with E-state index in [9.17, 15) is 4.79 Å². The Labute approximate surface area is 160 Å². The highest BCUT2D eigenvalue weighted by Crippen LogP contribution is 2.22. The molecular weight excluding hydrogens is 454 g/mol. The number of aromatic nitrogens is 2. The smallest absolute Gasteiger partial charge is 0.267 e. The number of thiophene rings is 1. The molecule has 0 radical (unpaired) electrons. The maximum absolute atomic E-state index is 12.9. The zero-order valence-corrected chi connectivity index (χ0v) is 17.2. The Bertz CT molecular complexity index is 978. The van der Waals surface area contributed by atoms with E-state index in [0.29, 0.717) is 16.7 Å². The van der Waals surface area contributed by atoms with Gasteiger partial charge in [0, 0.05) is 15.3 Å². The first-order valence-electron chi connectivity index (χ1n) is 7.51. The SMILES string of the molecule is CC[C@@H](C)c1nc2ccc(Br)cc2c(=O)n1N=Cc1ccc(Br)s1. The summed E-state index contributed by atoms with van der Waals surface area (Å²) in [5, 5.41) is 4.99. The number of hydrogen-bond donors (Lipinski definition) is 0. The van der Waals surface area contributed by atoms with Crippen LogP contribution in [0.3, 0.4) is 0 Å². The Hall–Kier alpha value is -1.31. The van der Waals surface area contributed by atoms with Gasteiger partial charge < -0.3 is 0 Å². The van der Waals surface area contributed by atoms with Gasteiger partial charge in [-0.15, -0.1) is 11.3 Å². The number of rotatable bonds is 4. The first kappa shape index (κ1) is 17.5. The van der Waals surface area contributed by atoms with Gasteiger partial charge in [-0.2, -0.15) is 9.78 Å². The van der Waals surface area contributed by atoms with Gasteiger partial charge in [0.1, 0.15) is 5.82 Å². The Balaban J connectivity index is 2.20. The molecule has 24 heavy (non-hydrogen) atoms. The van der Waals surface area contributed by atoms with Gasteiger partial charge in [0.15, 0.2) is 0 Å². The fourth-order valence-corrected chi connectivity index (χ4v) is 3.94. The zero-order valence-electron chi connectivity index (χ0n) is 13.2. The second-order valence-electron chi connectivity index (χ2n) is 5.44. The third kappa shape index (κ3) is 3.53. The van der Waals surface area contributed by atoms with E-state index in [1.807, 2.05) is 24.3 Å². The minimum atomic E-state index is -0.150. The normalized spacial score (nSPS) is 13.0. The summed E-state index contributed by atoms with van der Waals surface area (Å²) in [4.78, 5) is 18.6. The Morgan fingerprint density at radius 3 is 2.79 bits per heavy atom. The third-order valence-corrected chi connectivity index (χ3v) is 5.83. The molecule has 2 aromatic heterocycles. The summed E-state index contributed by atoms with van der Waals surface area (Å²) in [6, 6.07) is 9.46. The molecule has 1 aromatic carbocycles. The topological polar surface area (TPSA) is 47.2 Å². The first-order chi connectivity index (χ1) is 11.5. The summed E-state index contributed by atoms with van der Waals surface area (Å²) < 4.78 is 3.30. The van der Waals surface area contributed by atoms with Crippen LogP contribution in [-0.4, -0.2) is 15.9 Å². The van der Waals surface area contributed by atoms with Crippen molar-refractivity contribution in [2.45, 2.75) is 26.2 Å². The summed E-state index contributed by atoms with van der Waals surface area (Å²) in [6.07, 6.45) is 2.59. The van der Waals surface area contributed by atoms with E-state index in [0.717, 1.165) is 19.6 Å². The largest absolute Gasteiger partial charge is 0.282 e. The minimum Gasteiger partial charge on any atom is -0.267 e. The van der Waals surface area contributed by atoms with Crippen LogP contribution < -0.4 is 5.56 Å². The van der Waals surface area contributed by atoms with Crippen molar-refractivity contribution in [2.24, 2.45) is 5.10 Å². The molecule has 0 saturated heterocycles. The van der Waals surface area contributed by atoms with Crippen molar-refractivity contribution in [3.8, 4) is 0 Å². The lowest BCUT2D eigenvalue weighted by Gasteiger charge is -2.13. The monoisotopic (exact) mass is 467 g/mol. The molecule has 0 aliphatic rings. The Morgan fingerprint density at radius 2 is 2.12 bits per heavy atom. The van der Waals surface area contributed by atoms with Crippen LogP contribution in [0.1, 0.15) is 36.9 Å². The molecule has 4 nitrogen and oxygen atoms in total. The van der Waals surface area contributed by atoms with Gasteiger partial charge in [-0.25, -0.2) is 4.98 Å². The van der Waals surface area contributed by atoms with Crippen molar-refractivity contribution in [1.29, 1.82) is 0 Å². The fourth-order valence-electron chi connectivity index (χ4n) is 2.29. The highest BCUT2D eigenvalue weighted by atomic mass is 79.9. The van der Waals surface area contributed by atoms with E-state index < -0.39 is 0 Å². The summed E-state index contributed by atoms with van der Waals surface area (Å²) in [7, 11) is 0. The molecule has 0 fully saturated rings. The van der Waals surface area contributed by atoms with Gasteiger partial charge >= 0.3 is 0 Å². The number of nitrogens with zero attached hydrogens (tertiary/aromatic N) is 3. The second kappa shape index (κ2) is 7.29. The van der Waals surface area contributed by atoms with E-state index in [2.05, 4.69) is 55.8 Å². The first-order valence-corrected chi connectivity index (χ1v) is 9.91. The predicted octanol–water partition coefficient (Wildman–Crippen LogP) is 5.38. The summed E-state index contributed by atoms with van der Waals surface area (Å²) in [5.74, 6) is 0.821. The van der Waals surface area contributed by atoms with E-state index in [4.69, 9.17) is 0 Å². The number of hydrogen-bond acceptors (Lipinski definition) is 4. The van der Waals surface area contributed by atoms with E-state index in [1.165, 1.54) is 4.68 Å². The van der Waals surface area contributed by atoms with Gasteiger partial charge in [-0.05, 0) is 52.7 Å². The lowest BCUT2D eigenvalue weighted by Crippen LogP contribution is -2.23. The van der Waals surface area contributed by atoms with Crippen LogP contribution in [0.2, 0.25) is 0 Å². The maximum Gasteiger partial charge on any atom is 0.282 e. The predicted molar refractivity (Wildman–Crippen MR) is 107 cm³/mol. The van der Waals surface area contributed by atoms with Crippen molar-refractivity contribution in [2.75, 3.05) is 0 Å². The fraction of sp³-hybridized carbons (Fsp3) is 0.235. The van der Waals surface area contributed by atoms with E-state index >= 15 is 0 Å². The summed E-state index contributed by atoms with van der Waals surface area (Å²) in [6.45, 7) is 4.13. The molecule has 124 valence electrons. The molecule has 0 N–H and O–H groups in total. The van der Waals surface area contributed by atoms with E-state index in [1.54, 1.807) is 23.6 Å². The summed E-state index contributed by atoms with van der Waals surface area (Å²) in [5.41, 5.74) is 0.548. The molecule has 3 aromatic rings. The standard InChI is InChI=1S/C17H15Br2N3OS/c1-3-10(2)16-21-14-6-4-11(18)8-13(14)17(23)22(16)20-9-12-5-7-15(19)24-12/h4-10H,3H2,1-2H3/t10-/m1/s1. The lowest BCUT2D eigenvalue weighted by molar-refractivity contribution is 0.613. The molecule has 0 amide bonds. The molecule has 0 unspecified atom stereocenters. The molecule has 0 spiro atoms. The lowest BCUT2D eigenvalue weighted by atomic mass is 10.1. The van der Waals surface area contributed by atoms with Gasteiger partial charge in [0.05, 0.1) is 20.9 Å². The van der Waals surface area contributed by atoms with Gasteiger partial charge in [-0.1, -0.05) is 29.8 Å². The molecule has 0 aliphatic carbocycles. The number of fused-ring (bicyclic) bond motifs is 1. The van der Waals surface area contributed by atoms with Gasteiger partial charge in [-0.3, -0.25) is 4.79 Å². The van der Waals surface area contributed by atoms with Crippen LogP contribution in [0.25, 0.3) is 10.9 Å². The second-order valence-corrected chi connectivity index (χ2v) is 8.85. The van der Waals surface area contributed by atoms with Crippen molar-refractivity contribution >= 4 is 60.3 Å². The van der Waals surface area contributed by atoms with Crippen molar-refractivity contribution < 1.29 is 0 Å². The van der Waals surface area contributed by atoms with Crippen molar-refractivity contribution in [3.05, 3.63) is 59.6 Å². The third-order valence-electron chi connectivity index (χ3n) is 3.78. The van der Waals surface area contributed by atoms with Crippen LogP contribution in [0.4, 0.5) is 0 Å². The Morgan fingerprint density at radius 1 is 1.33 bits per heavy atom. The van der Waals surface area contributed by atoms with Gasteiger partial charge in [0.2, 0.25) is 0 Å². The average Bonchev–Trinajstić information content (AvgIpc) is 2.99. The van der Waals surface area contributed by atoms with Crippen LogP contribution >= 0.6 is 43.2 Å². The van der Waals surface area contributed by atoms with Crippen LogP contribution in [0.5, 0.6) is 0 Å². The molecule has 1 atom stereocenters. The molecule has 3 rings (SSSR count). The number of halogens is 2. The van der Waals surface area contributed by atoms with Gasteiger partial charge in [0.25, 0.3) is 5.56 Å². The van der Waals surface area contributed by atoms with Crippen LogP contribution in [-0.2, 0) is 0 Å². The van der Waals surface area contributed by atoms with Crippen LogP contribution in [0.15, 0.2) is 48.5 Å². The maximum atomic E-state index is 12.9. The quantitative estimate of drug-likeness (QED) is 0.482. The van der Waals surface area contributed by atoms with Crippen molar-refractivity contribution in [1.82, 2.24) is 9.66 Å². The molecule has 0 saturated carbocycles. The molecule has 0 bridgehead atoms. The van der Waals surface area contributed by atoms with E-state index in [-0.39, 0.29) is 11.5 Å². The molecular formula is C17H15Br2N3OS. The average molecular weight is 469 g/mol. The van der Waals surface area contributed by atoms with Crippen LogP contribution in [0, 0.1) is 0 Å². The van der Waals surface area contributed by atoms with Crippen molar-refractivity contribution in [3.63, 3.8) is 0 Å². The highest BCUT2D eigenvalue weighted by Gasteiger charge is 2.15. The molecule has 2 heterocycles. The zero-order chi connectivity index (χ0) is 17.3. The molecule has 7 heteroatoms. The highest BCUT2D eigenvalue weighted by molar-refractivity contribution is 9.11. The number of benzene rings is 1. The minimum absolute atomic E-state index is 0.137. The summed E-state index contributed by atoms with van der Waals surface area (Å²) >= 11 is 8.41. The molecule has 0 aliphatic heterocycles. The Kier molecular flexibility index (Phi) is 5.32.